The molecule has 2 nitrogen and oxygen atoms in total. The van der Waals surface area contributed by atoms with Crippen LogP contribution in [0.1, 0.15) is 25.7 Å². The Morgan fingerprint density at radius 1 is 1.31 bits per heavy atom. The summed E-state index contributed by atoms with van der Waals surface area (Å²) in [5, 5.41) is 9.82. The average molecular weight is 182 g/mol. The third-order valence-corrected chi connectivity index (χ3v) is 3.37. The summed E-state index contributed by atoms with van der Waals surface area (Å²) >= 11 is 0. The number of aliphatic hydroxyl groups excluding tert-OH is 1. The molecule has 0 aromatic rings. The van der Waals surface area contributed by atoms with E-state index in [9.17, 15) is 5.11 Å². The molecule has 1 heterocycles. The van der Waals surface area contributed by atoms with Gasteiger partial charge in [-0.15, -0.1) is 6.58 Å². The van der Waals surface area contributed by atoms with E-state index in [0.29, 0.717) is 11.8 Å². The molecule has 2 fully saturated rings. The molecular formula is C11H18O2. The first-order chi connectivity index (χ1) is 6.31. The predicted molar refractivity (Wildman–Crippen MR) is 51.4 cm³/mol. The molecule has 1 N–H and O–H groups in total. The fraction of sp³-hybridized carbons (Fsp3) is 0.818. The van der Waals surface area contributed by atoms with Crippen molar-refractivity contribution in [2.45, 2.75) is 37.9 Å². The molecule has 0 bridgehead atoms. The first-order valence-corrected chi connectivity index (χ1v) is 5.23. The quantitative estimate of drug-likeness (QED) is 0.532. The van der Waals surface area contributed by atoms with Crippen LogP contribution >= 0.6 is 0 Å². The number of ether oxygens (including phenoxy) is 1. The van der Waals surface area contributed by atoms with Gasteiger partial charge in [-0.1, -0.05) is 6.08 Å². The van der Waals surface area contributed by atoms with Gasteiger partial charge in [0, 0.05) is 0 Å². The van der Waals surface area contributed by atoms with Crippen molar-refractivity contribution in [1.29, 1.82) is 0 Å². The molecule has 1 saturated heterocycles. The van der Waals surface area contributed by atoms with Crippen molar-refractivity contribution < 1.29 is 9.84 Å². The van der Waals surface area contributed by atoms with E-state index in [0.717, 1.165) is 19.4 Å². The largest absolute Gasteiger partial charge is 0.390 e. The molecular weight excluding hydrogens is 164 g/mol. The molecule has 2 heteroatoms. The van der Waals surface area contributed by atoms with Crippen molar-refractivity contribution >= 4 is 0 Å². The van der Waals surface area contributed by atoms with Gasteiger partial charge in [0.15, 0.2) is 0 Å². The van der Waals surface area contributed by atoms with Crippen LogP contribution in [0.15, 0.2) is 12.7 Å². The number of epoxide rings is 1. The minimum atomic E-state index is -0.203. The lowest BCUT2D eigenvalue weighted by Gasteiger charge is -2.29. The zero-order valence-electron chi connectivity index (χ0n) is 7.98. The van der Waals surface area contributed by atoms with E-state index < -0.39 is 0 Å². The van der Waals surface area contributed by atoms with Crippen LogP contribution in [-0.2, 0) is 4.74 Å². The summed E-state index contributed by atoms with van der Waals surface area (Å²) in [6.45, 7) is 4.58. The summed E-state index contributed by atoms with van der Waals surface area (Å²) in [5.41, 5.74) is 0. The van der Waals surface area contributed by atoms with Gasteiger partial charge < -0.3 is 9.84 Å². The predicted octanol–water partition coefficient (Wildman–Crippen LogP) is 1.74. The topological polar surface area (TPSA) is 32.8 Å². The first kappa shape index (κ1) is 9.22. The van der Waals surface area contributed by atoms with Gasteiger partial charge in [-0.25, -0.2) is 0 Å². The highest BCUT2D eigenvalue weighted by atomic mass is 16.6. The van der Waals surface area contributed by atoms with E-state index in [-0.39, 0.29) is 12.2 Å². The van der Waals surface area contributed by atoms with E-state index >= 15 is 0 Å². The van der Waals surface area contributed by atoms with E-state index in [4.69, 9.17) is 4.74 Å². The standard InChI is InChI=1S/C11H18O2/c1-2-8-3-5-9(6-4-8)11(12)10-7-13-10/h2,8-12H,1,3-7H2. The van der Waals surface area contributed by atoms with Gasteiger partial charge in [-0.3, -0.25) is 0 Å². The second kappa shape index (κ2) is 3.81. The SMILES string of the molecule is C=CC1CCC(C(O)C2CO2)CC1. The van der Waals surface area contributed by atoms with Crippen LogP contribution in [0.25, 0.3) is 0 Å². The second-order valence-electron chi connectivity index (χ2n) is 4.27. The Bertz CT molecular complexity index is 179. The number of aliphatic hydroxyl groups is 1. The Kier molecular flexibility index (Phi) is 2.70. The molecule has 1 aliphatic carbocycles. The van der Waals surface area contributed by atoms with Gasteiger partial charge in [0.2, 0.25) is 0 Å². The monoisotopic (exact) mass is 182 g/mol. The summed E-state index contributed by atoms with van der Waals surface area (Å²) in [7, 11) is 0. The van der Waals surface area contributed by atoms with Gasteiger partial charge >= 0.3 is 0 Å². The Morgan fingerprint density at radius 3 is 2.38 bits per heavy atom. The molecule has 0 aromatic carbocycles. The summed E-state index contributed by atoms with van der Waals surface area (Å²) in [6, 6.07) is 0. The normalized spacial score (nSPS) is 41.2. The van der Waals surface area contributed by atoms with Gasteiger partial charge in [0.25, 0.3) is 0 Å². The smallest absolute Gasteiger partial charge is 0.107 e. The minimum absolute atomic E-state index is 0.158. The molecule has 74 valence electrons. The van der Waals surface area contributed by atoms with Crippen molar-refractivity contribution in [2.75, 3.05) is 6.61 Å². The van der Waals surface area contributed by atoms with E-state index in [1.165, 1.54) is 12.8 Å². The van der Waals surface area contributed by atoms with E-state index in [2.05, 4.69) is 12.7 Å². The molecule has 0 aromatic heterocycles. The maximum Gasteiger partial charge on any atom is 0.107 e. The lowest BCUT2D eigenvalue weighted by Crippen LogP contribution is -2.29. The summed E-state index contributed by atoms with van der Waals surface area (Å²) in [5.74, 6) is 1.16. The Labute approximate surface area is 79.6 Å². The van der Waals surface area contributed by atoms with Crippen molar-refractivity contribution in [2.24, 2.45) is 11.8 Å². The molecule has 2 rings (SSSR count). The molecule has 2 unspecified atom stereocenters. The lowest BCUT2D eigenvalue weighted by molar-refractivity contribution is 0.0536. The van der Waals surface area contributed by atoms with Crippen LogP contribution in [0, 0.1) is 11.8 Å². The molecule has 2 aliphatic rings. The van der Waals surface area contributed by atoms with Gasteiger partial charge in [0.05, 0.1) is 12.7 Å². The highest BCUT2D eigenvalue weighted by Crippen LogP contribution is 2.34. The third kappa shape index (κ3) is 2.12. The van der Waals surface area contributed by atoms with Crippen LogP contribution in [0.3, 0.4) is 0 Å². The average Bonchev–Trinajstić information content (AvgIpc) is 3.00. The van der Waals surface area contributed by atoms with Crippen molar-refractivity contribution in [3.63, 3.8) is 0 Å². The van der Waals surface area contributed by atoms with Crippen LogP contribution in [0.4, 0.5) is 0 Å². The summed E-state index contributed by atoms with van der Waals surface area (Å²) in [6.07, 6.45) is 6.66. The molecule has 1 aliphatic heterocycles. The summed E-state index contributed by atoms with van der Waals surface area (Å²) < 4.78 is 5.11. The first-order valence-electron chi connectivity index (χ1n) is 5.23. The van der Waals surface area contributed by atoms with Crippen molar-refractivity contribution in [3.8, 4) is 0 Å². The van der Waals surface area contributed by atoms with Crippen molar-refractivity contribution in [1.82, 2.24) is 0 Å². The Morgan fingerprint density at radius 2 is 1.92 bits per heavy atom. The maximum absolute atomic E-state index is 9.82. The number of allylic oxidation sites excluding steroid dienone is 1. The number of rotatable bonds is 3. The molecule has 13 heavy (non-hydrogen) atoms. The molecule has 1 saturated carbocycles. The van der Waals surface area contributed by atoms with Crippen LogP contribution in [0.5, 0.6) is 0 Å². The minimum Gasteiger partial charge on any atom is -0.390 e. The van der Waals surface area contributed by atoms with Gasteiger partial charge in [-0.05, 0) is 37.5 Å². The fourth-order valence-corrected chi connectivity index (χ4v) is 2.28. The summed E-state index contributed by atoms with van der Waals surface area (Å²) in [4.78, 5) is 0. The van der Waals surface area contributed by atoms with Crippen LogP contribution in [-0.4, -0.2) is 23.9 Å². The Hall–Kier alpha value is -0.340. The maximum atomic E-state index is 9.82. The molecule has 0 radical (unpaired) electrons. The third-order valence-electron chi connectivity index (χ3n) is 3.37. The zero-order chi connectivity index (χ0) is 9.26. The molecule has 0 amide bonds. The van der Waals surface area contributed by atoms with Crippen LogP contribution in [0.2, 0.25) is 0 Å². The van der Waals surface area contributed by atoms with E-state index in [1.807, 2.05) is 0 Å². The number of hydrogen-bond donors (Lipinski definition) is 1. The van der Waals surface area contributed by atoms with E-state index in [1.54, 1.807) is 0 Å². The second-order valence-corrected chi connectivity index (χ2v) is 4.27. The highest BCUT2D eigenvalue weighted by molar-refractivity contribution is 4.90. The highest BCUT2D eigenvalue weighted by Gasteiger charge is 2.37. The number of hydrogen-bond acceptors (Lipinski definition) is 2. The lowest BCUT2D eigenvalue weighted by atomic mass is 9.79. The molecule has 2 atom stereocenters. The zero-order valence-corrected chi connectivity index (χ0v) is 7.98. The van der Waals surface area contributed by atoms with Gasteiger partial charge in [0.1, 0.15) is 6.10 Å². The van der Waals surface area contributed by atoms with Gasteiger partial charge in [-0.2, -0.15) is 0 Å². The molecule has 0 spiro atoms. The fourth-order valence-electron chi connectivity index (χ4n) is 2.28. The van der Waals surface area contributed by atoms with Crippen LogP contribution < -0.4 is 0 Å². The Balaban J connectivity index is 1.79. The van der Waals surface area contributed by atoms with Crippen molar-refractivity contribution in [3.05, 3.63) is 12.7 Å².